The highest BCUT2D eigenvalue weighted by atomic mass is 32.2. The molecule has 1 amide bonds. The number of ether oxygens (including phenoxy) is 2. The van der Waals surface area contributed by atoms with Crippen LogP contribution in [0.4, 0.5) is 0 Å². The molecule has 1 aromatic carbocycles. The van der Waals surface area contributed by atoms with Gasteiger partial charge in [-0.25, -0.2) is 8.42 Å². The van der Waals surface area contributed by atoms with Gasteiger partial charge in [-0.3, -0.25) is 9.69 Å². The number of sulfonamides is 1. The first-order chi connectivity index (χ1) is 13.3. The van der Waals surface area contributed by atoms with E-state index in [9.17, 15) is 13.2 Å². The Balaban J connectivity index is 2.16. The molecule has 1 fully saturated rings. The van der Waals surface area contributed by atoms with Gasteiger partial charge in [0.15, 0.2) is 0 Å². The Hall–Kier alpha value is -1.68. The van der Waals surface area contributed by atoms with Gasteiger partial charge in [-0.2, -0.15) is 4.31 Å². The highest BCUT2D eigenvalue weighted by Gasteiger charge is 2.30. The standard InChI is InChI=1S/C19H31N3O5S/c1-5-21(15(2)3)9-8-20-19(23)16-6-7-17(26-4)18(14-16)28(24,25)22-10-12-27-13-11-22/h6-7,14-15H,5,8-13H2,1-4H3,(H,20,23). The second-order valence-electron chi connectivity index (χ2n) is 6.86. The maximum absolute atomic E-state index is 13.0. The van der Waals surface area contributed by atoms with Crippen molar-refractivity contribution >= 4 is 15.9 Å². The molecule has 0 bridgehead atoms. The zero-order valence-electron chi connectivity index (χ0n) is 17.1. The van der Waals surface area contributed by atoms with Gasteiger partial charge >= 0.3 is 0 Å². The summed E-state index contributed by atoms with van der Waals surface area (Å²) < 4.78 is 37.8. The van der Waals surface area contributed by atoms with Gasteiger partial charge in [-0.15, -0.1) is 0 Å². The van der Waals surface area contributed by atoms with E-state index in [0.29, 0.717) is 31.4 Å². The van der Waals surface area contributed by atoms with Crippen molar-refractivity contribution in [1.82, 2.24) is 14.5 Å². The van der Waals surface area contributed by atoms with Gasteiger partial charge in [0.1, 0.15) is 10.6 Å². The van der Waals surface area contributed by atoms with E-state index in [0.717, 1.165) is 13.1 Å². The molecule has 1 aliphatic rings. The first-order valence-corrected chi connectivity index (χ1v) is 11.0. The smallest absolute Gasteiger partial charge is 0.251 e. The van der Waals surface area contributed by atoms with Crippen molar-refractivity contribution in [1.29, 1.82) is 0 Å². The fourth-order valence-corrected chi connectivity index (χ4v) is 4.73. The number of hydrogen-bond acceptors (Lipinski definition) is 6. The fourth-order valence-electron chi connectivity index (χ4n) is 3.14. The van der Waals surface area contributed by atoms with Crippen LogP contribution >= 0.6 is 0 Å². The van der Waals surface area contributed by atoms with E-state index in [4.69, 9.17) is 9.47 Å². The minimum atomic E-state index is -3.77. The molecule has 0 radical (unpaired) electrons. The summed E-state index contributed by atoms with van der Waals surface area (Å²) in [7, 11) is -2.35. The summed E-state index contributed by atoms with van der Waals surface area (Å²) in [6.45, 7) is 9.68. The van der Waals surface area contributed by atoms with Crippen LogP contribution in [-0.4, -0.2) is 82.6 Å². The molecule has 8 nitrogen and oxygen atoms in total. The second-order valence-corrected chi connectivity index (χ2v) is 8.77. The largest absolute Gasteiger partial charge is 0.495 e. The van der Waals surface area contributed by atoms with E-state index in [-0.39, 0.29) is 29.6 Å². The van der Waals surface area contributed by atoms with Crippen molar-refractivity contribution in [3.8, 4) is 5.75 Å². The predicted molar refractivity (Wildman–Crippen MR) is 107 cm³/mol. The first kappa shape index (κ1) is 22.6. The van der Waals surface area contributed by atoms with Crippen molar-refractivity contribution in [3.05, 3.63) is 23.8 Å². The predicted octanol–water partition coefficient (Wildman–Crippen LogP) is 1.18. The van der Waals surface area contributed by atoms with Crippen LogP contribution in [0, 0.1) is 0 Å². The molecule has 28 heavy (non-hydrogen) atoms. The summed E-state index contributed by atoms with van der Waals surface area (Å²) in [5.41, 5.74) is 0.292. The summed E-state index contributed by atoms with van der Waals surface area (Å²) in [4.78, 5) is 14.8. The zero-order valence-corrected chi connectivity index (χ0v) is 17.9. The number of amides is 1. The third-order valence-electron chi connectivity index (χ3n) is 4.83. The number of carbonyl (C=O) groups excluding carboxylic acids is 1. The topological polar surface area (TPSA) is 88.2 Å². The third-order valence-corrected chi connectivity index (χ3v) is 6.75. The lowest BCUT2D eigenvalue weighted by atomic mass is 10.2. The number of methoxy groups -OCH3 is 1. The van der Waals surface area contributed by atoms with Gasteiger partial charge in [0, 0.05) is 37.8 Å². The van der Waals surface area contributed by atoms with Gasteiger partial charge in [0.25, 0.3) is 5.91 Å². The molecule has 0 aliphatic carbocycles. The maximum atomic E-state index is 13.0. The van der Waals surface area contributed by atoms with E-state index in [2.05, 4.69) is 31.0 Å². The minimum Gasteiger partial charge on any atom is -0.495 e. The van der Waals surface area contributed by atoms with Gasteiger partial charge in [-0.1, -0.05) is 6.92 Å². The van der Waals surface area contributed by atoms with Crippen LogP contribution in [0.3, 0.4) is 0 Å². The molecule has 1 saturated heterocycles. The molecule has 1 N–H and O–H groups in total. The highest BCUT2D eigenvalue weighted by Crippen LogP contribution is 2.28. The number of nitrogens with zero attached hydrogens (tertiary/aromatic N) is 2. The number of benzene rings is 1. The zero-order chi connectivity index (χ0) is 20.7. The van der Waals surface area contributed by atoms with Crippen LogP contribution in [0.15, 0.2) is 23.1 Å². The number of morpholine rings is 1. The summed E-state index contributed by atoms with van der Waals surface area (Å²) >= 11 is 0. The van der Waals surface area contributed by atoms with Crippen LogP contribution in [0.1, 0.15) is 31.1 Å². The summed E-state index contributed by atoms with van der Waals surface area (Å²) in [5.74, 6) is -0.0825. The van der Waals surface area contributed by atoms with Gasteiger partial charge in [0.05, 0.1) is 20.3 Å². The Morgan fingerprint density at radius 2 is 2.00 bits per heavy atom. The van der Waals surface area contributed by atoms with Crippen molar-refractivity contribution < 1.29 is 22.7 Å². The minimum absolute atomic E-state index is 0.00177. The quantitative estimate of drug-likeness (QED) is 0.654. The number of carbonyl (C=O) groups is 1. The molecule has 0 unspecified atom stereocenters. The molecule has 2 rings (SSSR count). The van der Waals surface area contributed by atoms with E-state index in [1.54, 1.807) is 6.07 Å². The van der Waals surface area contributed by atoms with Crippen LogP contribution in [0.2, 0.25) is 0 Å². The van der Waals surface area contributed by atoms with E-state index >= 15 is 0 Å². The average Bonchev–Trinajstić information content (AvgIpc) is 2.70. The highest BCUT2D eigenvalue weighted by molar-refractivity contribution is 7.89. The SMILES string of the molecule is CCN(CCNC(=O)c1ccc(OC)c(S(=O)(=O)N2CCOCC2)c1)C(C)C. The van der Waals surface area contributed by atoms with Gasteiger partial charge in [-0.05, 0) is 38.6 Å². The Kier molecular flexibility index (Phi) is 8.23. The number of likely N-dealkylation sites (N-methyl/N-ethyl adjacent to an activating group) is 1. The lowest BCUT2D eigenvalue weighted by Gasteiger charge is -2.27. The van der Waals surface area contributed by atoms with Crippen LogP contribution < -0.4 is 10.1 Å². The fraction of sp³-hybridized carbons (Fsp3) is 0.632. The van der Waals surface area contributed by atoms with Crippen LogP contribution in [0.5, 0.6) is 5.75 Å². The Morgan fingerprint density at radius 3 is 2.57 bits per heavy atom. The Morgan fingerprint density at radius 1 is 1.32 bits per heavy atom. The van der Waals surface area contributed by atoms with Crippen molar-refractivity contribution in [3.63, 3.8) is 0 Å². The summed E-state index contributed by atoms with van der Waals surface area (Å²) in [5, 5.41) is 2.86. The molecule has 0 aromatic heterocycles. The maximum Gasteiger partial charge on any atom is 0.251 e. The molecule has 1 aromatic rings. The summed E-state index contributed by atoms with van der Waals surface area (Å²) in [6.07, 6.45) is 0. The lowest BCUT2D eigenvalue weighted by molar-refractivity contribution is 0.0729. The van der Waals surface area contributed by atoms with Crippen LogP contribution in [0.25, 0.3) is 0 Å². The van der Waals surface area contributed by atoms with E-state index in [1.807, 2.05) is 0 Å². The van der Waals surface area contributed by atoms with E-state index < -0.39 is 10.0 Å². The molecule has 1 aliphatic heterocycles. The normalized spacial score (nSPS) is 15.8. The number of nitrogens with one attached hydrogen (secondary N) is 1. The molecule has 9 heteroatoms. The Bertz CT molecular complexity index is 761. The Labute approximate surface area is 167 Å². The molecular weight excluding hydrogens is 382 g/mol. The van der Waals surface area contributed by atoms with Gasteiger partial charge < -0.3 is 14.8 Å². The number of rotatable bonds is 9. The van der Waals surface area contributed by atoms with E-state index in [1.165, 1.54) is 23.5 Å². The third kappa shape index (κ3) is 5.44. The molecule has 0 atom stereocenters. The van der Waals surface area contributed by atoms with Crippen molar-refractivity contribution in [2.45, 2.75) is 31.7 Å². The molecule has 0 saturated carbocycles. The second kappa shape index (κ2) is 10.2. The lowest BCUT2D eigenvalue weighted by Crippen LogP contribution is -2.41. The number of hydrogen-bond donors (Lipinski definition) is 1. The molecule has 158 valence electrons. The molecule has 1 heterocycles. The van der Waals surface area contributed by atoms with Crippen molar-refractivity contribution in [2.24, 2.45) is 0 Å². The van der Waals surface area contributed by atoms with Crippen LogP contribution in [-0.2, 0) is 14.8 Å². The van der Waals surface area contributed by atoms with Gasteiger partial charge in [0.2, 0.25) is 10.0 Å². The molecular formula is C19H31N3O5S. The van der Waals surface area contributed by atoms with Crippen molar-refractivity contribution in [2.75, 3.05) is 53.0 Å². The summed E-state index contributed by atoms with van der Waals surface area (Å²) in [6, 6.07) is 4.88. The first-order valence-electron chi connectivity index (χ1n) is 9.59. The molecule has 0 spiro atoms. The average molecular weight is 414 g/mol. The monoisotopic (exact) mass is 413 g/mol.